The van der Waals surface area contributed by atoms with Crippen LogP contribution in [0.3, 0.4) is 0 Å². The summed E-state index contributed by atoms with van der Waals surface area (Å²) in [6, 6.07) is 3.47. The minimum atomic E-state index is -1.14. The van der Waals surface area contributed by atoms with Crippen LogP contribution in [-0.4, -0.2) is 34.3 Å². The Morgan fingerprint density at radius 1 is 1.45 bits per heavy atom. The minimum Gasteiger partial charge on any atom is -0.466 e. The van der Waals surface area contributed by atoms with Crippen molar-refractivity contribution in [1.29, 1.82) is 0 Å². The molecule has 0 aliphatic rings. The summed E-state index contributed by atoms with van der Waals surface area (Å²) < 4.78 is 10.2. The third-order valence-corrected chi connectivity index (χ3v) is 2.94. The smallest absolute Gasteiger partial charge is 0.248 e. The van der Waals surface area contributed by atoms with Gasteiger partial charge in [0.2, 0.25) is 5.89 Å². The quantitative estimate of drug-likeness (QED) is 0.538. The summed E-state index contributed by atoms with van der Waals surface area (Å²) in [6.45, 7) is 6.58. The van der Waals surface area contributed by atoms with Crippen LogP contribution < -0.4 is 10.6 Å². The van der Waals surface area contributed by atoms with Gasteiger partial charge in [-0.2, -0.15) is 4.98 Å². The number of aromatic nitrogens is 2. The number of hydrogen-bond acceptors (Lipinski definition) is 6. The van der Waals surface area contributed by atoms with E-state index < -0.39 is 5.60 Å². The first-order valence-corrected chi connectivity index (χ1v) is 7.09. The molecule has 8 nitrogen and oxygen atoms in total. The molecule has 22 heavy (non-hydrogen) atoms. The van der Waals surface area contributed by atoms with E-state index in [1.165, 1.54) is 6.26 Å². The van der Waals surface area contributed by atoms with Crippen LogP contribution in [0.4, 0.5) is 0 Å². The predicted octanol–water partition coefficient (Wildman–Crippen LogP) is 0.934. The minimum absolute atomic E-state index is 0.245. The molecule has 0 saturated heterocycles. The molecule has 0 radical (unpaired) electrons. The van der Waals surface area contributed by atoms with Crippen LogP contribution in [0.15, 0.2) is 32.3 Å². The second kappa shape index (κ2) is 7.08. The van der Waals surface area contributed by atoms with Gasteiger partial charge < -0.3 is 24.7 Å². The molecular weight excluding hydrogens is 286 g/mol. The summed E-state index contributed by atoms with van der Waals surface area (Å²) in [7, 11) is 0. The molecule has 2 aromatic heterocycles. The highest BCUT2D eigenvalue weighted by Crippen LogP contribution is 2.19. The number of aryl methyl sites for hydroxylation is 1. The van der Waals surface area contributed by atoms with E-state index in [0.717, 1.165) is 0 Å². The fourth-order valence-electron chi connectivity index (χ4n) is 1.82. The Kier molecular flexibility index (Phi) is 5.16. The van der Waals surface area contributed by atoms with Crippen molar-refractivity contribution >= 4 is 5.96 Å². The number of rotatable bonds is 6. The summed E-state index contributed by atoms with van der Waals surface area (Å²) in [4.78, 5) is 8.43. The number of aliphatic hydroxyl groups is 1. The lowest BCUT2D eigenvalue weighted by atomic mass is 10.0. The predicted molar refractivity (Wildman–Crippen MR) is 80.1 cm³/mol. The maximum absolute atomic E-state index is 10.4. The summed E-state index contributed by atoms with van der Waals surface area (Å²) >= 11 is 0. The average Bonchev–Trinajstić information content (AvgIpc) is 3.13. The van der Waals surface area contributed by atoms with Gasteiger partial charge in [0, 0.05) is 6.54 Å². The molecule has 0 fully saturated rings. The highest BCUT2D eigenvalue weighted by Gasteiger charge is 2.26. The third kappa shape index (κ3) is 4.32. The molecule has 2 rings (SSSR count). The monoisotopic (exact) mass is 307 g/mol. The van der Waals surface area contributed by atoms with E-state index in [1.54, 1.807) is 26.0 Å². The summed E-state index contributed by atoms with van der Waals surface area (Å²) in [6.07, 6.45) is 1.53. The fraction of sp³-hybridized carbons (Fsp3) is 0.500. The SMILES string of the molecule is CCNC(=NCc1nc(C)no1)NCC(C)(O)c1ccco1. The van der Waals surface area contributed by atoms with E-state index in [9.17, 15) is 5.11 Å². The number of aliphatic imine (C=N–C) groups is 1. The first-order valence-electron chi connectivity index (χ1n) is 7.09. The van der Waals surface area contributed by atoms with Gasteiger partial charge in [0.05, 0.1) is 12.8 Å². The molecule has 0 bridgehead atoms. The molecular formula is C14H21N5O3. The molecule has 8 heteroatoms. The molecule has 0 saturated carbocycles. The van der Waals surface area contributed by atoms with Crippen LogP contribution in [0.25, 0.3) is 0 Å². The Morgan fingerprint density at radius 2 is 2.27 bits per heavy atom. The first-order chi connectivity index (χ1) is 10.5. The molecule has 1 unspecified atom stereocenters. The zero-order chi connectivity index (χ0) is 16.0. The van der Waals surface area contributed by atoms with Crippen LogP contribution in [0, 0.1) is 6.92 Å². The van der Waals surface area contributed by atoms with Crippen molar-refractivity contribution in [1.82, 2.24) is 20.8 Å². The van der Waals surface area contributed by atoms with E-state index in [2.05, 4.69) is 25.8 Å². The van der Waals surface area contributed by atoms with Crippen molar-refractivity contribution in [2.24, 2.45) is 4.99 Å². The molecule has 0 aliphatic carbocycles. The van der Waals surface area contributed by atoms with Crippen LogP contribution in [0.1, 0.15) is 31.3 Å². The van der Waals surface area contributed by atoms with E-state index in [0.29, 0.717) is 30.0 Å². The number of guanidine groups is 1. The zero-order valence-electron chi connectivity index (χ0n) is 13.0. The Hall–Kier alpha value is -2.35. The lowest BCUT2D eigenvalue weighted by Crippen LogP contribution is -2.44. The number of nitrogens with one attached hydrogen (secondary N) is 2. The Bertz CT molecular complexity index is 604. The van der Waals surface area contributed by atoms with Crippen LogP contribution in [-0.2, 0) is 12.1 Å². The largest absolute Gasteiger partial charge is 0.466 e. The van der Waals surface area contributed by atoms with Gasteiger partial charge in [-0.1, -0.05) is 5.16 Å². The van der Waals surface area contributed by atoms with Gasteiger partial charge in [0.15, 0.2) is 11.8 Å². The van der Waals surface area contributed by atoms with Gasteiger partial charge in [-0.05, 0) is 32.9 Å². The highest BCUT2D eigenvalue weighted by atomic mass is 16.5. The molecule has 2 aromatic rings. The Morgan fingerprint density at radius 3 is 2.86 bits per heavy atom. The van der Waals surface area contributed by atoms with Crippen molar-refractivity contribution in [3.63, 3.8) is 0 Å². The fourth-order valence-corrected chi connectivity index (χ4v) is 1.82. The van der Waals surface area contributed by atoms with Gasteiger partial charge in [-0.3, -0.25) is 0 Å². The van der Waals surface area contributed by atoms with Crippen molar-refractivity contribution in [2.45, 2.75) is 32.9 Å². The standard InChI is InChI=1S/C14H21N5O3/c1-4-15-13(16-8-12-18-10(2)19-22-12)17-9-14(3,20)11-6-5-7-21-11/h5-7,20H,4,8-9H2,1-3H3,(H2,15,16,17). The molecule has 3 N–H and O–H groups in total. The molecule has 0 aromatic carbocycles. The van der Waals surface area contributed by atoms with Crippen LogP contribution in [0.2, 0.25) is 0 Å². The lowest BCUT2D eigenvalue weighted by Gasteiger charge is -2.22. The molecule has 1 atom stereocenters. The normalized spacial score (nSPS) is 14.6. The van der Waals surface area contributed by atoms with Crippen LogP contribution in [0.5, 0.6) is 0 Å². The van der Waals surface area contributed by atoms with Gasteiger partial charge in [0.1, 0.15) is 17.9 Å². The summed E-state index contributed by atoms with van der Waals surface area (Å²) in [5.74, 6) is 2.05. The number of hydrogen-bond donors (Lipinski definition) is 3. The topological polar surface area (TPSA) is 109 Å². The van der Waals surface area contributed by atoms with Gasteiger partial charge in [0.25, 0.3) is 0 Å². The Balaban J connectivity index is 1.96. The maximum Gasteiger partial charge on any atom is 0.248 e. The summed E-state index contributed by atoms with van der Waals surface area (Å²) in [5, 5.41) is 20.3. The number of furan rings is 1. The van der Waals surface area contributed by atoms with Crippen molar-refractivity contribution in [2.75, 3.05) is 13.1 Å². The van der Waals surface area contributed by atoms with E-state index >= 15 is 0 Å². The third-order valence-electron chi connectivity index (χ3n) is 2.94. The van der Waals surface area contributed by atoms with Crippen molar-refractivity contribution in [3.8, 4) is 0 Å². The second-order valence-electron chi connectivity index (χ2n) is 5.04. The first kappa shape index (κ1) is 16.0. The second-order valence-corrected chi connectivity index (χ2v) is 5.04. The van der Waals surface area contributed by atoms with E-state index in [1.807, 2.05) is 6.92 Å². The molecule has 0 aliphatic heterocycles. The average molecular weight is 307 g/mol. The van der Waals surface area contributed by atoms with Gasteiger partial charge >= 0.3 is 0 Å². The summed E-state index contributed by atoms with van der Waals surface area (Å²) in [5.41, 5.74) is -1.14. The van der Waals surface area contributed by atoms with E-state index in [4.69, 9.17) is 8.94 Å². The molecule has 0 amide bonds. The van der Waals surface area contributed by atoms with Crippen LogP contribution >= 0.6 is 0 Å². The number of nitrogens with zero attached hydrogens (tertiary/aromatic N) is 3. The molecule has 0 spiro atoms. The maximum atomic E-state index is 10.4. The molecule has 2 heterocycles. The van der Waals surface area contributed by atoms with Gasteiger partial charge in [-0.25, -0.2) is 4.99 Å². The van der Waals surface area contributed by atoms with Crippen molar-refractivity contribution in [3.05, 3.63) is 35.9 Å². The lowest BCUT2D eigenvalue weighted by molar-refractivity contribution is 0.0386. The highest BCUT2D eigenvalue weighted by molar-refractivity contribution is 5.79. The molecule has 120 valence electrons. The van der Waals surface area contributed by atoms with Gasteiger partial charge in [-0.15, -0.1) is 0 Å². The zero-order valence-corrected chi connectivity index (χ0v) is 13.0. The van der Waals surface area contributed by atoms with E-state index in [-0.39, 0.29) is 13.1 Å². The Labute approximate surface area is 128 Å². The van der Waals surface area contributed by atoms with Crippen molar-refractivity contribution < 1.29 is 14.0 Å².